The van der Waals surface area contributed by atoms with E-state index in [-0.39, 0.29) is 16.5 Å². The molecule has 8 heavy (non-hydrogen) atoms. The number of amides is 1. The maximum atomic E-state index is 9.99. The summed E-state index contributed by atoms with van der Waals surface area (Å²) in [6.07, 6.45) is 0.874. The molecule has 0 aromatic rings. The van der Waals surface area contributed by atoms with Crippen LogP contribution in [0.1, 0.15) is 0 Å². The van der Waals surface area contributed by atoms with Gasteiger partial charge in [-0.05, 0) is 0 Å². The Morgan fingerprint density at radius 3 is 2.50 bits per heavy atom. The van der Waals surface area contributed by atoms with E-state index >= 15 is 0 Å². The van der Waals surface area contributed by atoms with Crippen LogP contribution in [0.4, 0.5) is 0 Å². The van der Waals surface area contributed by atoms with Gasteiger partial charge in [-0.15, -0.1) is 0 Å². The van der Waals surface area contributed by atoms with Gasteiger partial charge in [-0.3, -0.25) is 6.58 Å². The third-order valence-corrected chi connectivity index (χ3v) is 0.428. The molecule has 0 spiro atoms. The van der Waals surface area contributed by atoms with Crippen LogP contribution in [0.3, 0.4) is 0 Å². The SMILES string of the molecule is [CH-]=CC(=O)N[C-]=S.[Ni+2]. The molecule has 4 heteroatoms. The first kappa shape index (κ1) is 10.7. The van der Waals surface area contributed by atoms with Gasteiger partial charge in [0.2, 0.25) is 0 Å². The Balaban J connectivity index is 0. The number of rotatable bonds is 2. The van der Waals surface area contributed by atoms with Crippen LogP contribution in [-0.4, -0.2) is 11.4 Å². The topological polar surface area (TPSA) is 29.1 Å². The molecule has 46 valence electrons. The summed E-state index contributed by atoms with van der Waals surface area (Å²) >= 11 is 4.14. The number of hydrogen-bond donors (Lipinski definition) is 1. The Hall–Kier alpha value is -0.206. The van der Waals surface area contributed by atoms with Crippen LogP contribution in [0, 0.1) is 6.58 Å². The second-order valence-corrected chi connectivity index (χ2v) is 0.962. The molecule has 1 amide bonds. The molecule has 0 aliphatic rings. The molecule has 2 nitrogen and oxygen atoms in total. The van der Waals surface area contributed by atoms with E-state index in [1.165, 1.54) is 0 Å². The molecule has 0 unspecified atom stereocenters. The number of carbonyl (C=O) groups is 1. The molecule has 1 N–H and O–H groups in total. The molecule has 0 rings (SSSR count). The van der Waals surface area contributed by atoms with Crippen LogP contribution in [0.25, 0.3) is 0 Å². The smallest absolute Gasteiger partial charge is 0.484 e. The summed E-state index contributed by atoms with van der Waals surface area (Å²) in [6, 6.07) is 0. The molecule has 0 bridgehead atoms. The summed E-state index contributed by atoms with van der Waals surface area (Å²) in [7, 11) is 0. The molecule has 0 aliphatic carbocycles. The monoisotopic (exact) mass is 171 g/mol. The third kappa shape index (κ3) is 5.79. The van der Waals surface area contributed by atoms with Gasteiger partial charge in [0.25, 0.3) is 0 Å². The van der Waals surface area contributed by atoms with Crippen molar-refractivity contribution in [3.05, 3.63) is 12.7 Å². The van der Waals surface area contributed by atoms with Crippen LogP contribution in [0.15, 0.2) is 6.08 Å². The van der Waals surface area contributed by atoms with Gasteiger partial charge < -0.3 is 10.1 Å². The molecular formula is C4H3NNiOS. The van der Waals surface area contributed by atoms with E-state index in [9.17, 15) is 4.79 Å². The molecule has 0 radical (unpaired) electrons. The summed E-state index contributed by atoms with van der Waals surface area (Å²) in [5.41, 5.74) is 1.99. The van der Waals surface area contributed by atoms with E-state index in [0.717, 1.165) is 6.08 Å². The van der Waals surface area contributed by atoms with Crippen molar-refractivity contribution >= 4 is 23.6 Å². The summed E-state index contributed by atoms with van der Waals surface area (Å²) in [5.74, 6) is -0.435. The number of hydrogen-bond acceptors (Lipinski definition) is 2. The average molecular weight is 172 g/mol. The molecule has 0 atom stereocenters. The van der Waals surface area contributed by atoms with E-state index in [1.54, 1.807) is 0 Å². The fourth-order valence-corrected chi connectivity index (χ4v) is 0.193. The van der Waals surface area contributed by atoms with Gasteiger partial charge in [0, 0.05) is 0 Å². The van der Waals surface area contributed by atoms with Crippen LogP contribution < -0.4 is 5.32 Å². The number of thiocarbonyl (C=S) groups is 1. The first-order valence-electron chi connectivity index (χ1n) is 1.53. The average Bonchev–Trinajstić information content (AvgIpc) is 1.68. The molecule has 0 aromatic heterocycles. The zero-order valence-electron chi connectivity index (χ0n) is 3.79. The van der Waals surface area contributed by atoms with Crippen molar-refractivity contribution in [1.29, 1.82) is 0 Å². The molecule has 0 fully saturated rings. The normalized spacial score (nSPS) is 6.00. The van der Waals surface area contributed by atoms with Crippen molar-refractivity contribution in [3.8, 4) is 0 Å². The second kappa shape index (κ2) is 6.79. The van der Waals surface area contributed by atoms with Crippen LogP contribution in [0.2, 0.25) is 0 Å². The van der Waals surface area contributed by atoms with Crippen molar-refractivity contribution in [1.82, 2.24) is 5.32 Å². The Bertz CT molecular complexity index is 104. The quantitative estimate of drug-likeness (QED) is 0.207. The summed E-state index contributed by atoms with van der Waals surface area (Å²) in [6.45, 7) is 4.73. The van der Waals surface area contributed by atoms with E-state index < -0.39 is 5.91 Å². The van der Waals surface area contributed by atoms with Crippen molar-refractivity contribution in [2.45, 2.75) is 0 Å². The predicted octanol–water partition coefficient (Wildman–Crippen LogP) is -0.0765. The summed E-state index contributed by atoms with van der Waals surface area (Å²) in [5, 5.41) is 2.04. The number of carbonyl (C=O) groups excluding carboxylic acids is 1. The first-order valence-corrected chi connectivity index (χ1v) is 1.94. The van der Waals surface area contributed by atoms with Crippen molar-refractivity contribution < 1.29 is 21.3 Å². The zero-order chi connectivity index (χ0) is 5.70. The molecule has 0 saturated heterocycles. The fourth-order valence-electron chi connectivity index (χ4n) is 0.0920. The Kier molecular flexibility index (Phi) is 9.10. The molecule has 0 aromatic carbocycles. The fraction of sp³-hybridized carbons (Fsp3) is 0. The summed E-state index contributed by atoms with van der Waals surface area (Å²) < 4.78 is 0. The maximum Gasteiger partial charge on any atom is 2.00 e. The van der Waals surface area contributed by atoms with Crippen molar-refractivity contribution in [3.63, 3.8) is 0 Å². The van der Waals surface area contributed by atoms with E-state index in [2.05, 4.69) is 12.2 Å². The van der Waals surface area contributed by atoms with E-state index in [0.29, 0.717) is 0 Å². The largest absolute Gasteiger partial charge is 2.00 e. The standard InChI is InChI=1S/C4H3NOS.Ni/c1-2-4(6)5-3-7;/h1-2H,(H,5,6,7);/q-2;+2. The minimum absolute atomic E-state index is 0. The Labute approximate surface area is 63.3 Å². The van der Waals surface area contributed by atoms with Gasteiger partial charge in [0.15, 0.2) is 0 Å². The third-order valence-electron chi connectivity index (χ3n) is 0.326. The Morgan fingerprint density at radius 2 is 2.38 bits per heavy atom. The van der Waals surface area contributed by atoms with E-state index in [1.807, 2.05) is 10.8 Å². The maximum absolute atomic E-state index is 9.99. The number of nitrogens with one attached hydrogen (secondary N) is 1. The minimum atomic E-state index is -0.435. The predicted molar refractivity (Wildman–Crippen MR) is 29.6 cm³/mol. The molecule has 0 heterocycles. The van der Waals surface area contributed by atoms with Gasteiger partial charge in [-0.25, -0.2) is 12.2 Å². The van der Waals surface area contributed by atoms with E-state index in [4.69, 9.17) is 6.58 Å². The van der Waals surface area contributed by atoms with Crippen LogP contribution >= 0.6 is 12.2 Å². The van der Waals surface area contributed by atoms with Gasteiger partial charge in [-0.2, -0.15) is 6.08 Å². The Morgan fingerprint density at radius 1 is 1.88 bits per heavy atom. The zero-order valence-corrected chi connectivity index (χ0v) is 5.59. The molecular weight excluding hydrogens is 169 g/mol. The van der Waals surface area contributed by atoms with Gasteiger partial charge in [0.1, 0.15) is 0 Å². The van der Waals surface area contributed by atoms with Crippen LogP contribution in [0.5, 0.6) is 0 Å². The van der Waals surface area contributed by atoms with Crippen LogP contribution in [-0.2, 0) is 21.3 Å². The summed E-state index contributed by atoms with van der Waals surface area (Å²) in [4.78, 5) is 9.99. The minimum Gasteiger partial charge on any atom is -0.484 e. The second-order valence-electron chi connectivity index (χ2n) is 0.758. The van der Waals surface area contributed by atoms with Crippen molar-refractivity contribution in [2.75, 3.05) is 0 Å². The van der Waals surface area contributed by atoms with Gasteiger partial charge in [0.05, 0.1) is 5.91 Å². The van der Waals surface area contributed by atoms with Crippen molar-refractivity contribution in [2.24, 2.45) is 0 Å². The van der Waals surface area contributed by atoms with Gasteiger partial charge >= 0.3 is 16.5 Å². The van der Waals surface area contributed by atoms with Gasteiger partial charge in [-0.1, -0.05) is 5.49 Å². The molecule has 0 aliphatic heterocycles. The first-order chi connectivity index (χ1) is 3.31. The molecule has 0 saturated carbocycles.